The van der Waals surface area contributed by atoms with Crippen LogP contribution >= 0.6 is 22.9 Å². The van der Waals surface area contributed by atoms with E-state index in [-0.39, 0.29) is 22.2 Å². The number of halogens is 2. The fraction of sp³-hybridized carbons (Fsp3) is 0.375. The number of nitrogens with zero attached hydrogens (tertiary/aromatic N) is 2. The van der Waals surface area contributed by atoms with Gasteiger partial charge in [-0.3, -0.25) is 9.62 Å². The second kappa shape index (κ2) is 11.0. The molecule has 1 heterocycles. The summed E-state index contributed by atoms with van der Waals surface area (Å²) in [5.74, 6) is -0.861. The minimum atomic E-state index is -4.15. The number of hydrogen-bond acceptors (Lipinski definition) is 6. The number of nitrogens with one attached hydrogen (secondary N) is 2. The SMILES string of the molecule is CCN(Cc1ccccc1)[C@H]1CCCC[C@@H]1Nc1cc(F)c(S(=O)(=O)Nc2nccs2)cc1Cl. The van der Waals surface area contributed by atoms with Gasteiger partial charge in [-0.05, 0) is 37.1 Å². The largest absolute Gasteiger partial charge is 0.379 e. The van der Waals surface area contributed by atoms with Gasteiger partial charge in [0.1, 0.15) is 10.7 Å². The van der Waals surface area contributed by atoms with Crippen LogP contribution < -0.4 is 10.0 Å². The quantitative estimate of drug-likeness (QED) is 0.361. The molecule has 0 spiro atoms. The normalized spacial score (nSPS) is 18.7. The fourth-order valence-corrected chi connectivity index (χ4v) is 6.64. The lowest BCUT2D eigenvalue weighted by Gasteiger charge is -2.40. The number of aromatic nitrogens is 1. The van der Waals surface area contributed by atoms with Crippen molar-refractivity contribution in [1.29, 1.82) is 0 Å². The van der Waals surface area contributed by atoms with Crippen LogP contribution in [0.5, 0.6) is 0 Å². The number of hydrogen-bond donors (Lipinski definition) is 2. The lowest BCUT2D eigenvalue weighted by molar-refractivity contribution is 0.144. The maximum atomic E-state index is 15.0. The van der Waals surface area contributed by atoms with Crippen molar-refractivity contribution in [2.24, 2.45) is 0 Å². The van der Waals surface area contributed by atoms with Gasteiger partial charge in [-0.25, -0.2) is 17.8 Å². The Hall–Kier alpha value is -2.20. The molecule has 2 N–H and O–H groups in total. The smallest absolute Gasteiger partial charge is 0.266 e. The zero-order chi connectivity index (χ0) is 24.1. The average molecular weight is 523 g/mol. The Balaban J connectivity index is 1.54. The molecule has 1 aromatic heterocycles. The zero-order valence-electron chi connectivity index (χ0n) is 18.9. The Kier molecular flexibility index (Phi) is 8.08. The lowest BCUT2D eigenvalue weighted by Crippen LogP contribution is -2.48. The summed E-state index contributed by atoms with van der Waals surface area (Å²) in [5, 5.41) is 5.39. The summed E-state index contributed by atoms with van der Waals surface area (Å²) in [6.45, 7) is 3.87. The summed E-state index contributed by atoms with van der Waals surface area (Å²) in [6.07, 6.45) is 5.64. The van der Waals surface area contributed by atoms with E-state index in [1.54, 1.807) is 5.38 Å². The van der Waals surface area contributed by atoms with Crippen molar-refractivity contribution in [3.63, 3.8) is 0 Å². The molecule has 6 nitrogen and oxygen atoms in total. The van der Waals surface area contributed by atoms with Crippen molar-refractivity contribution < 1.29 is 12.8 Å². The van der Waals surface area contributed by atoms with Crippen molar-refractivity contribution in [3.05, 3.63) is 70.4 Å². The Morgan fingerprint density at radius 1 is 1.21 bits per heavy atom. The molecule has 0 saturated heterocycles. The van der Waals surface area contributed by atoms with Gasteiger partial charge in [-0.1, -0.05) is 61.7 Å². The predicted molar refractivity (Wildman–Crippen MR) is 137 cm³/mol. The number of rotatable bonds is 9. The molecule has 1 aliphatic carbocycles. The van der Waals surface area contributed by atoms with E-state index in [0.717, 1.165) is 56.2 Å². The Morgan fingerprint density at radius 2 is 1.97 bits per heavy atom. The maximum Gasteiger partial charge on any atom is 0.266 e. The van der Waals surface area contributed by atoms with Crippen LogP contribution in [0.3, 0.4) is 0 Å². The van der Waals surface area contributed by atoms with Gasteiger partial charge in [-0.15, -0.1) is 11.3 Å². The molecule has 10 heteroatoms. The Bertz CT molecular complexity index is 1190. The van der Waals surface area contributed by atoms with Gasteiger partial charge >= 0.3 is 0 Å². The fourth-order valence-electron chi connectivity index (χ4n) is 4.49. The standard InChI is InChI=1S/C24H28ClFN4O2S2/c1-2-30(16-17-8-4-3-5-9-17)22-11-7-6-10-20(22)28-21-15-19(26)23(14-18(21)25)34(31,32)29-24-27-12-13-33-24/h3-5,8-9,12-15,20,22,28H,2,6-7,10-11,16H2,1H3,(H,27,29)/t20-,22-/m0/s1. The number of benzene rings is 2. The summed E-state index contributed by atoms with van der Waals surface area (Å²) >= 11 is 7.56. The van der Waals surface area contributed by atoms with Gasteiger partial charge in [0, 0.05) is 30.2 Å². The first-order valence-electron chi connectivity index (χ1n) is 11.3. The van der Waals surface area contributed by atoms with Gasteiger partial charge in [-0.2, -0.15) is 0 Å². The number of thiazole rings is 1. The zero-order valence-corrected chi connectivity index (χ0v) is 21.3. The highest BCUT2D eigenvalue weighted by Gasteiger charge is 2.31. The molecule has 4 rings (SSSR count). The summed E-state index contributed by atoms with van der Waals surface area (Å²) in [6, 6.07) is 13.0. The van der Waals surface area contributed by atoms with Gasteiger partial charge < -0.3 is 5.32 Å². The van der Waals surface area contributed by atoms with Crippen LogP contribution in [0, 0.1) is 5.82 Å². The van der Waals surface area contributed by atoms with E-state index >= 15 is 0 Å². The third-order valence-electron chi connectivity index (χ3n) is 6.14. The third-order valence-corrected chi connectivity index (χ3v) is 8.62. The van der Waals surface area contributed by atoms with Gasteiger partial charge in [0.05, 0.1) is 10.7 Å². The van der Waals surface area contributed by atoms with E-state index in [9.17, 15) is 12.8 Å². The number of anilines is 2. The summed E-state index contributed by atoms with van der Waals surface area (Å²) < 4.78 is 42.6. The molecule has 1 aliphatic rings. The minimum Gasteiger partial charge on any atom is -0.379 e. The molecule has 0 radical (unpaired) electrons. The maximum absolute atomic E-state index is 15.0. The van der Waals surface area contributed by atoms with E-state index in [4.69, 9.17) is 11.6 Å². The van der Waals surface area contributed by atoms with Gasteiger partial charge in [0.2, 0.25) is 0 Å². The molecule has 0 amide bonds. The summed E-state index contributed by atoms with van der Waals surface area (Å²) in [7, 11) is -4.15. The van der Waals surface area contributed by atoms with E-state index in [1.807, 2.05) is 18.2 Å². The molecule has 1 fully saturated rings. The molecule has 2 aromatic carbocycles. The molecule has 0 bridgehead atoms. The number of sulfonamides is 1. The van der Waals surface area contributed by atoms with Crippen LogP contribution in [0.4, 0.5) is 15.2 Å². The highest BCUT2D eigenvalue weighted by molar-refractivity contribution is 7.93. The second-order valence-electron chi connectivity index (χ2n) is 8.36. The van der Waals surface area contributed by atoms with Crippen molar-refractivity contribution >= 4 is 43.8 Å². The number of likely N-dealkylation sites (N-methyl/N-ethyl adjacent to an activating group) is 1. The van der Waals surface area contributed by atoms with Crippen LogP contribution in [0.15, 0.2) is 58.9 Å². The highest BCUT2D eigenvalue weighted by atomic mass is 35.5. The first-order valence-corrected chi connectivity index (χ1v) is 14.1. The Morgan fingerprint density at radius 3 is 2.68 bits per heavy atom. The van der Waals surface area contributed by atoms with Crippen molar-refractivity contribution in [2.45, 2.75) is 56.1 Å². The average Bonchev–Trinajstić information content (AvgIpc) is 3.33. The molecule has 0 aliphatic heterocycles. The molecule has 34 heavy (non-hydrogen) atoms. The van der Waals surface area contributed by atoms with Crippen LogP contribution in [-0.2, 0) is 16.6 Å². The Labute approximate surface area is 209 Å². The van der Waals surface area contributed by atoms with E-state index in [2.05, 4.69) is 39.0 Å². The monoisotopic (exact) mass is 522 g/mol. The van der Waals surface area contributed by atoms with Crippen molar-refractivity contribution in [2.75, 3.05) is 16.6 Å². The van der Waals surface area contributed by atoms with Crippen LogP contribution in [-0.4, -0.2) is 36.9 Å². The van der Waals surface area contributed by atoms with Crippen molar-refractivity contribution in [3.8, 4) is 0 Å². The second-order valence-corrected chi connectivity index (χ2v) is 11.3. The topological polar surface area (TPSA) is 74.3 Å². The van der Waals surface area contributed by atoms with Crippen molar-refractivity contribution in [1.82, 2.24) is 9.88 Å². The molecule has 0 unspecified atom stereocenters. The van der Waals surface area contributed by atoms with Gasteiger partial charge in [0.25, 0.3) is 10.0 Å². The lowest BCUT2D eigenvalue weighted by atomic mass is 9.88. The first kappa shape index (κ1) is 24.9. The molecule has 1 saturated carbocycles. The first-order chi connectivity index (χ1) is 16.4. The van der Waals surface area contributed by atoms with E-state index < -0.39 is 20.7 Å². The van der Waals surface area contributed by atoms with E-state index in [1.165, 1.54) is 17.8 Å². The predicted octanol–water partition coefficient (Wildman–Crippen LogP) is 5.98. The molecule has 182 valence electrons. The van der Waals surface area contributed by atoms with E-state index in [0.29, 0.717) is 5.69 Å². The van der Waals surface area contributed by atoms with Crippen LogP contribution in [0.1, 0.15) is 38.2 Å². The third kappa shape index (κ3) is 5.89. The minimum absolute atomic E-state index is 0.0743. The van der Waals surface area contributed by atoms with Gasteiger partial charge in [0.15, 0.2) is 5.13 Å². The molecular formula is C24H28ClFN4O2S2. The summed E-state index contributed by atoms with van der Waals surface area (Å²) in [5.41, 5.74) is 1.65. The van der Waals surface area contributed by atoms with Crippen LogP contribution in [0.2, 0.25) is 5.02 Å². The van der Waals surface area contributed by atoms with Crippen LogP contribution in [0.25, 0.3) is 0 Å². The molecular weight excluding hydrogens is 495 g/mol. The summed E-state index contributed by atoms with van der Waals surface area (Å²) in [4.78, 5) is 5.83. The highest BCUT2D eigenvalue weighted by Crippen LogP contribution is 2.33. The molecule has 2 atom stereocenters. The molecule has 3 aromatic rings.